The van der Waals surface area contributed by atoms with Crippen molar-refractivity contribution in [3.05, 3.63) is 59.2 Å². The van der Waals surface area contributed by atoms with Crippen molar-refractivity contribution in [2.75, 3.05) is 43.5 Å². The van der Waals surface area contributed by atoms with Crippen LogP contribution in [-0.4, -0.2) is 72.3 Å². The third-order valence-corrected chi connectivity index (χ3v) is 7.02. The second-order valence-corrected chi connectivity index (χ2v) is 9.50. The lowest BCUT2D eigenvalue weighted by Crippen LogP contribution is -2.41. The lowest BCUT2D eigenvalue weighted by Gasteiger charge is -2.29. The highest BCUT2D eigenvalue weighted by Gasteiger charge is 2.40. The smallest absolute Gasteiger partial charge is 0.261 e. The molecule has 0 unspecified atom stereocenters. The number of anilines is 2. The second kappa shape index (κ2) is 10.6. The summed E-state index contributed by atoms with van der Waals surface area (Å²) in [5, 5.41) is 5.67. The van der Waals surface area contributed by atoms with E-state index in [9.17, 15) is 19.2 Å². The molecule has 2 N–H and O–H groups in total. The number of benzene rings is 2. The van der Waals surface area contributed by atoms with E-state index < -0.39 is 0 Å². The zero-order chi connectivity index (χ0) is 25.1. The van der Waals surface area contributed by atoms with Crippen molar-refractivity contribution in [3.8, 4) is 0 Å². The molecule has 0 bridgehead atoms. The van der Waals surface area contributed by atoms with Gasteiger partial charge in [0.2, 0.25) is 5.91 Å². The fourth-order valence-electron chi connectivity index (χ4n) is 5.07. The van der Waals surface area contributed by atoms with E-state index in [0.717, 1.165) is 45.2 Å². The molecular formula is C27H30N4O5. The third-order valence-electron chi connectivity index (χ3n) is 7.02. The minimum Gasteiger partial charge on any atom is -0.379 e. The highest BCUT2D eigenvalue weighted by Crippen LogP contribution is 2.31. The van der Waals surface area contributed by atoms with Crippen LogP contribution in [0.25, 0.3) is 0 Å². The van der Waals surface area contributed by atoms with Gasteiger partial charge in [0.1, 0.15) is 0 Å². The molecule has 2 fully saturated rings. The van der Waals surface area contributed by atoms with Gasteiger partial charge in [0, 0.05) is 36.1 Å². The Morgan fingerprint density at radius 3 is 2.17 bits per heavy atom. The number of hydrogen-bond acceptors (Lipinski definition) is 6. The van der Waals surface area contributed by atoms with Gasteiger partial charge in [-0.05, 0) is 55.3 Å². The molecule has 9 heteroatoms. The van der Waals surface area contributed by atoms with Crippen LogP contribution in [0.5, 0.6) is 0 Å². The summed E-state index contributed by atoms with van der Waals surface area (Å²) >= 11 is 0. The zero-order valence-corrected chi connectivity index (χ0v) is 20.1. The molecule has 5 rings (SSSR count). The molecule has 188 valence electrons. The average molecular weight is 491 g/mol. The molecular weight excluding hydrogens is 460 g/mol. The molecule has 0 aromatic heterocycles. The Labute approximate surface area is 209 Å². The maximum Gasteiger partial charge on any atom is 0.261 e. The topological polar surface area (TPSA) is 108 Å². The molecule has 2 heterocycles. The van der Waals surface area contributed by atoms with E-state index >= 15 is 0 Å². The average Bonchev–Trinajstić information content (AvgIpc) is 3.15. The number of ether oxygens (including phenoxy) is 1. The van der Waals surface area contributed by atoms with E-state index in [0.29, 0.717) is 42.3 Å². The van der Waals surface area contributed by atoms with Crippen LogP contribution in [0.15, 0.2) is 42.5 Å². The van der Waals surface area contributed by atoms with Crippen molar-refractivity contribution in [1.29, 1.82) is 0 Å². The van der Waals surface area contributed by atoms with Gasteiger partial charge in [-0.15, -0.1) is 0 Å². The molecule has 2 aromatic rings. The number of carbonyl (C=O) groups excluding carboxylic acids is 4. The molecule has 9 nitrogen and oxygen atoms in total. The van der Waals surface area contributed by atoms with Crippen molar-refractivity contribution in [2.24, 2.45) is 0 Å². The highest BCUT2D eigenvalue weighted by molar-refractivity contribution is 6.22. The summed E-state index contributed by atoms with van der Waals surface area (Å²) in [7, 11) is 0. The quantitative estimate of drug-likeness (QED) is 0.603. The number of fused-ring (bicyclic) bond motifs is 1. The molecule has 0 atom stereocenters. The standard InChI is InChI=1S/C27H30N4O5/c32-24(17-30-12-14-36-15-13-30)28-19-7-9-20(10-8-19)29-25(33)18-6-11-22-23(16-18)27(35)31(26(22)34)21-4-2-1-3-5-21/h6-11,16,21H,1-5,12-15,17H2,(H,28,32)(H,29,33). The predicted octanol–water partition coefficient (Wildman–Crippen LogP) is 3.14. The van der Waals surface area contributed by atoms with Crippen LogP contribution in [-0.2, 0) is 9.53 Å². The van der Waals surface area contributed by atoms with Gasteiger partial charge in [-0.25, -0.2) is 0 Å². The Balaban J connectivity index is 1.20. The van der Waals surface area contributed by atoms with Crippen molar-refractivity contribution in [3.63, 3.8) is 0 Å². The second-order valence-electron chi connectivity index (χ2n) is 9.50. The first-order chi connectivity index (χ1) is 17.5. The molecule has 1 saturated heterocycles. The predicted molar refractivity (Wildman–Crippen MR) is 134 cm³/mol. The summed E-state index contributed by atoms with van der Waals surface area (Å²) in [6.45, 7) is 3.04. The summed E-state index contributed by atoms with van der Waals surface area (Å²) < 4.78 is 5.30. The van der Waals surface area contributed by atoms with Crippen LogP contribution in [0.1, 0.15) is 63.2 Å². The largest absolute Gasteiger partial charge is 0.379 e. The van der Waals surface area contributed by atoms with E-state index in [1.54, 1.807) is 36.4 Å². The van der Waals surface area contributed by atoms with E-state index in [1.807, 2.05) is 4.90 Å². The number of amides is 4. The molecule has 0 spiro atoms. The molecule has 1 aliphatic carbocycles. The molecule has 36 heavy (non-hydrogen) atoms. The lowest BCUT2D eigenvalue weighted by atomic mass is 9.94. The normalized spacial score (nSPS) is 18.7. The summed E-state index contributed by atoms with van der Waals surface area (Å²) in [5.41, 5.74) is 2.15. The Bertz CT molecular complexity index is 1170. The first-order valence-corrected chi connectivity index (χ1v) is 12.5. The first kappa shape index (κ1) is 24.1. The third kappa shape index (κ3) is 5.17. The fraction of sp³-hybridized carbons (Fsp3) is 0.407. The van der Waals surface area contributed by atoms with Gasteiger partial charge < -0.3 is 15.4 Å². The maximum atomic E-state index is 13.0. The van der Waals surface area contributed by atoms with E-state index in [4.69, 9.17) is 4.74 Å². The summed E-state index contributed by atoms with van der Waals surface area (Å²) in [5.74, 6) is -1.06. The van der Waals surface area contributed by atoms with Gasteiger partial charge in [0.15, 0.2) is 0 Å². The number of rotatable bonds is 6. The zero-order valence-electron chi connectivity index (χ0n) is 20.1. The van der Waals surface area contributed by atoms with Gasteiger partial charge in [-0.2, -0.15) is 0 Å². The molecule has 0 radical (unpaired) electrons. The monoisotopic (exact) mass is 490 g/mol. The van der Waals surface area contributed by atoms with Crippen LogP contribution in [0.2, 0.25) is 0 Å². The van der Waals surface area contributed by atoms with E-state index in [2.05, 4.69) is 10.6 Å². The number of nitrogens with one attached hydrogen (secondary N) is 2. The Morgan fingerprint density at radius 2 is 1.47 bits per heavy atom. The molecule has 2 aromatic carbocycles. The highest BCUT2D eigenvalue weighted by atomic mass is 16.5. The lowest BCUT2D eigenvalue weighted by molar-refractivity contribution is -0.118. The summed E-state index contributed by atoms with van der Waals surface area (Å²) in [6.07, 6.45) is 4.83. The minimum atomic E-state index is -0.377. The maximum absolute atomic E-state index is 13.0. The van der Waals surface area contributed by atoms with Gasteiger partial charge in [0.25, 0.3) is 17.7 Å². The molecule has 3 aliphatic rings. The van der Waals surface area contributed by atoms with Crippen LogP contribution in [0, 0.1) is 0 Å². The Kier molecular flexibility index (Phi) is 7.11. The van der Waals surface area contributed by atoms with Crippen LogP contribution in [0.3, 0.4) is 0 Å². The van der Waals surface area contributed by atoms with E-state index in [1.165, 1.54) is 11.0 Å². The van der Waals surface area contributed by atoms with Gasteiger partial charge >= 0.3 is 0 Å². The van der Waals surface area contributed by atoms with Gasteiger partial charge in [-0.3, -0.25) is 29.0 Å². The van der Waals surface area contributed by atoms with Crippen molar-refractivity contribution < 1.29 is 23.9 Å². The number of carbonyl (C=O) groups is 4. The fourth-order valence-corrected chi connectivity index (χ4v) is 5.07. The number of morpholine rings is 1. The molecule has 4 amide bonds. The number of hydrogen-bond donors (Lipinski definition) is 2. The number of imide groups is 1. The van der Waals surface area contributed by atoms with Crippen LogP contribution < -0.4 is 10.6 Å². The van der Waals surface area contributed by atoms with Crippen molar-refractivity contribution >= 4 is 35.0 Å². The Morgan fingerprint density at radius 1 is 0.833 bits per heavy atom. The van der Waals surface area contributed by atoms with Gasteiger partial charge in [0.05, 0.1) is 30.9 Å². The van der Waals surface area contributed by atoms with E-state index in [-0.39, 0.29) is 35.2 Å². The summed E-state index contributed by atoms with van der Waals surface area (Å²) in [4.78, 5) is 54.5. The Hall–Kier alpha value is -3.56. The SMILES string of the molecule is O=C(CN1CCOCC1)Nc1ccc(NC(=O)c2ccc3c(c2)C(=O)N(C2CCCCC2)C3=O)cc1. The first-order valence-electron chi connectivity index (χ1n) is 12.5. The van der Waals surface area contributed by atoms with Crippen molar-refractivity contribution in [1.82, 2.24) is 9.80 Å². The summed E-state index contributed by atoms with van der Waals surface area (Å²) in [6, 6.07) is 11.4. The molecule has 2 aliphatic heterocycles. The molecule has 1 saturated carbocycles. The van der Waals surface area contributed by atoms with Crippen molar-refractivity contribution in [2.45, 2.75) is 38.1 Å². The van der Waals surface area contributed by atoms with Gasteiger partial charge in [-0.1, -0.05) is 19.3 Å². The minimum absolute atomic E-state index is 0.0590. The van der Waals surface area contributed by atoms with Crippen LogP contribution >= 0.6 is 0 Å². The van der Waals surface area contributed by atoms with Crippen LogP contribution in [0.4, 0.5) is 11.4 Å². The number of nitrogens with zero attached hydrogens (tertiary/aromatic N) is 2.